The van der Waals surface area contributed by atoms with Crippen molar-refractivity contribution in [3.63, 3.8) is 0 Å². The van der Waals surface area contributed by atoms with Gasteiger partial charge in [-0.25, -0.2) is 13.8 Å². The number of pyridine rings is 1. The molecule has 0 saturated carbocycles. The van der Waals surface area contributed by atoms with Crippen molar-refractivity contribution in [3.8, 4) is 6.07 Å². The number of halogens is 2. The van der Waals surface area contributed by atoms with Crippen LogP contribution in [0.3, 0.4) is 0 Å². The molecule has 5 atom stereocenters. The van der Waals surface area contributed by atoms with Gasteiger partial charge in [0.2, 0.25) is 5.91 Å². The van der Waals surface area contributed by atoms with Crippen LogP contribution >= 0.6 is 0 Å². The maximum Gasteiger partial charge on any atom is 0.280 e. The van der Waals surface area contributed by atoms with Gasteiger partial charge < -0.3 is 19.4 Å². The Morgan fingerprint density at radius 3 is 2.76 bits per heavy atom. The Balaban J connectivity index is 1.13. The molecule has 240 valence electrons. The number of alkyl halides is 2. The van der Waals surface area contributed by atoms with Crippen molar-refractivity contribution in [1.82, 2.24) is 24.6 Å². The van der Waals surface area contributed by atoms with Gasteiger partial charge in [-0.05, 0) is 51.2 Å². The van der Waals surface area contributed by atoms with Gasteiger partial charge in [0.1, 0.15) is 17.1 Å². The van der Waals surface area contributed by atoms with Crippen LogP contribution in [0.4, 0.5) is 20.3 Å². The van der Waals surface area contributed by atoms with E-state index in [0.29, 0.717) is 69.3 Å². The maximum absolute atomic E-state index is 14.6. The molecule has 1 spiro atoms. The Morgan fingerprint density at radius 2 is 2.04 bits per heavy atom. The van der Waals surface area contributed by atoms with Crippen LogP contribution in [0.5, 0.6) is 0 Å². The molecule has 5 aliphatic heterocycles. The predicted molar refractivity (Wildman–Crippen MR) is 165 cm³/mol. The second-order valence-electron chi connectivity index (χ2n) is 13.3. The number of carbonyl (C=O) groups excluding carboxylic acids is 1. The van der Waals surface area contributed by atoms with Crippen molar-refractivity contribution in [2.45, 2.75) is 88.6 Å². The van der Waals surface area contributed by atoms with E-state index in [1.807, 2.05) is 22.7 Å². The highest BCUT2D eigenvalue weighted by atomic mass is 19.3. The first-order valence-electron chi connectivity index (χ1n) is 16.3. The lowest BCUT2D eigenvalue weighted by atomic mass is 9.81. The molecule has 12 heteroatoms. The predicted octanol–water partition coefficient (Wildman–Crippen LogP) is 4.12. The molecule has 2 aromatic rings. The molecule has 1 amide bonds. The number of aromatic nitrogens is 3. The number of nitrogens with zero attached hydrogens (tertiary/aromatic N) is 8. The van der Waals surface area contributed by atoms with Crippen LogP contribution in [0.25, 0.3) is 0 Å². The van der Waals surface area contributed by atoms with Crippen molar-refractivity contribution in [3.05, 3.63) is 47.4 Å². The van der Waals surface area contributed by atoms with Crippen LogP contribution in [0.15, 0.2) is 24.9 Å². The molecule has 0 bridgehead atoms. The van der Waals surface area contributed by atoms with Crippen LogP contribution in [0.2, 0.25) is 0 Å². The molecular formula is C33H42F2N8O2. The number of carbonyl (C=O) groups is 1. The summed E-state index contributed by atoms with van der Waals surface area (Å²) in [6.45, 7) is 12.6. The molecule has 5 unspecified atom stereocenters. The van der Waals surface area contributed by atoms with E-state index >= 15 is 0 Å². The van der Waals surface area contributed by atoms with Crippen LogP contribution in [0, 0.1) is 18.3 Å². The second-order valence-corrected chi connectivity index (χ2v) is 13.3. The first-order valence-corrected chi connectivity index (χ1v) is 16.3. The lowest BCUT2D eigenvalue weighted by molar-refractivity contribution is -0.128. The molecular weight excluding hydrogens is 578 g/mol. The Bertz CT molecular complexity index is 1510. The third kappa shape index (κ3) is 4.99. The molecule has 2 aromatic heterocycles. The quantitative estimate of drug-likeness (QED) is 0.461. The summed E-state index contributed by atoms with van der Waals surface area (Å²) in [5.41, 5.74) is 3.06. The highest BCUT2D eigenvalue weighted by molar-refractivity contribution is 5.87. The fourth-order valence-corrected chi connectivity index (χ4v) is 8.64. The van der Waals surface area contributed by atoms with Crippen molar-refractivity contribution >= 4 is 17.4 Å². The van der Waals surface area contributed by atoms with E-state index in [1.165, 1.54) is 6.08 Å². The highest BCUT2D eigenvalue weighted by Crippen LogP contribution is 2.48. The number of piperazine rings is 1. The minimum Gasteiger partial charge on any atom is -0.366 e. The SMILES string of the molecule is C=CC(=O)N1CCN(C2CN3c4cc(N5CCC6(CC5C)OCC(CC#N)n5ncc(C)c56)nc(C(F)F)c4CCCC23)CC1. The average molecular weight is 621 g/mol. The molecule has 3 saturated heterocycles. The van der Waals surface area contributed by atoms with Gasteiger partial charge in [-0.3, -0.25) is 14.4 Å². The molecule has 5 aliphatic rings. The van der Waals surface area contributed by atoms with E-state index in [-0.39, 0.29) is 29.7 Å². The summed E-state index contributed by atoms with van der Waals surface area (Å²) in [7, 11) is 0. The van der Waals surface area contributed by atoms with Gasteiger partial charge in [0.25, 0.3) is 6.43 Å². The molecule has 10 nitrogen and oxygen atoms in total. The van der Waals surface area contributed by atoms with Crippen LogP contribution in [0.1, 0.15) is 74.0 Å². The topological polar surface area (TPSA) is 93.8 Å². The van der Waals surface area contributed by atoms with Crippen LogP contribution < -0.4 is 9.80 Å². The molecule has 7 heterocycles. The molecule has 7 rings (SSSR count). The molecule has 0 aliphatic carbocycles. The van der Waals surface area contributed by atoms with E-state index in [1.54, 1.807) is 0 Å². The second kappa shape index (κ2) is 11.7. The number of rotatable bonds is 5. The largest absolute Gasteiger partial charge is 0.366 e. The van der Waals surface area contributed by atoms with Crippen molar-refractivity contribution < 1.29 is 18.3 Å². The number of amides is 1. The number of fused-ring (bicyclic) bond motifs is 5. The average Bonchev–Trinajstić information content (AvgIpc) is 3.37. The zero-order chi connectivity index (χ0) is 31.5. The summed E-state index contributed by atoms with van der Waals surface area (Å²) in [5.74, 6) is 0.583. The summed E-state index contributed by atoms with van der Waals surface area (Å²) < 4.78 is 37.8. The number of piperidine rings is 1. The minimum absolute atomic E-state index is 0.00891. The zero-order valence-corrected chi connectivity index (χ0v) is 26.2. The van der Waals surface area contributed by atoms with Gasteiger partial charge in [-0.1, -0.05) is 6.58 Å². The monoisotopic (exact) mass is 620 g/mol. The van der Waals surface area contributed by atoms with E-state index in [9.17, 15) is 18.8 Å². The van der Waals surface area contributed by atoms with Gasteiger partial charge in [0.15, 0.2) is 0 Å². The Kier molecular flexibility index (Phi) is 7.80. The highest BCUT2D eigenvalue weighted by Gasteiger charge is 2.49. The maximum atomic E-state index is 14.6. The van der Waals surface area contributed by atoms with Gasteiger partial charge in [-0.15, -0.1) is 0 Å². The number of aryl methyl sites for hydroxylation is 1. The number of anilines is 2. The van der Waals surface area contributed by atoms with E-state index in [4.69, 9.17) is 4.74 Å². The third-order valence-corrected chi connectivity index (χ3v) is 10.9. The van der Waals surface area contributed by atoms with Gasteiger partial charge in [0.05, 0.1) is 37.0 Å². The lowest BCUT2D eigenvalue weighted by Crippen LogP contribution is -2.69. The van der Waals surface area contributed by atoms with E-state index in [2.05, 4.69) is 50.4 Å². The molecule has 0 aromatic carbocycles. The Hall–Kier alpha value is -3.56. The Labute approximate surface area is 263 Å². The number of ether oxygens (including phenoxy) is 1. The third-order valence-electron chi connectivity index (χ3n) is 10.9. The van der Waals surface area contributed by atoms with E-state index in [0.717, 1.165) is 49.4 Å². The number of hydrogen-bond donors (Lipinski definition) is 0. The smallest absolute Gasteiger partial charge is 0.280 e. The number of nitriles is 1. The fourth-order valence-electron chi connectivity index (χ4n) is 8.64. The summed E-state index contributed by atoms with van der Waals surface area (Å²) in [6, 6.07) is 4.81. The first-order chi connectivity index (χ1) is 21.7. The summed E-state index contributed by atoms with van der Waals surface area (Å²) in [4.78, 5) is 25.6. The standard InChI is InChI=1S/C33H42F2N8O2/c1-4-29(44)40-14-12-39(13-15-40)27-19-42-25(27)7-5-6-24-26(42)16-28(38-30(24)32(34)35)41-11-9-33(17-22(41)3)31-21(2)18-37-43(31)23(8-10-36)20-45-33/h4,16,18,22-23,25,27,32H,1,5-9,11-15,17,19-20H2,2-3H3. The van der Waals surface area contributed by atoms with Crippen LogP contribution in [-0.2, 0) is 21.6 Å². The Morgan fingerprint density at radius 1 is 1.24 bits per heavy atom. The van der Waals surface area contributed by atoms with Gasteiger partial charge in [0, 0.05) is 81.1 Å². The van der Waals surface area contributed by atoms with Gasteiger partial charge in [-0.2, -0.15) is 10.4 Å². The fraction of sp³-hybridized carbons (Fsp3) is 0.636. The normalized spacial score (nSPS) is 29.8. The van der Waals surface area contributed by atoms with Gasteiger partial charge >= 0.3 is 0 Å². The first kappa shape index (κ1) is 30.1. The summed E-state index contributed by atoms with van der Waals surface area (Å²) in [6.07, 6.45) is 4.68. The van der Waals surface area contributed by atoms with Crippen molar-refractivity contribution in [2.24, 2.45) is 0 Å². The number of hydrogen-bond acceptors (Lipinski definition) is 8. The van der Waals surface area contributed by atoms with Crippen LogP contribution in [-0.4, -0.2) is 94.5 Å². The lowest BCUT2D eigenvalue weighted by Gasteiger charge is -2.55. The van der Waals surface area contributed by atoms with E-state index < -0.39 is 12.0 Å². The zero-order valence-electron chi connectivity index (χ0n) is 26.2. The summed E-state index contributed by atoms with van der Waals surface area (Å²) in [5, 5.41) is 14.0. The van der Waals surface area contributed by atoms with Crippen molar-refractivity contribution in [1.29, 1.82) is 5.26 Å². The summed E-state index contributed by atoms with van der Waals surface area (Å²) >= 11 is 0. The molecule has 45 heavy (non-hydrogen) atoms. The molecule has 0 N–H and O–H groups in total. The van der Waals surface area contributed by atoms with Crippen molar-refractivity contribution in [2.75, 3.05) is 55.7 Å². The molecule has 3 fully saturated rings. The molecule has 0 radical (unpaired) electrons. The minimum atomic E-state index is -2.65.